The van der Waals surface area contributed by atoms with Crippen molar-refractivity contribution in [2.24, 2.45) is 5.73 Å². The predicted molar refractivity (Wildman–Crippen MR) is 93.3 cm³/mol. The first kappa shape index (κ1) is 19.7. The van der Waals surface area contributed by atoms with E-state index in [0.717, 1.165) is 37.7 Å². The number of nitrogens with zero attached hydrogens (tertiary/aromatic N) is 1. The van der Waals surface area contributed by atoms with E-state index in [-0.39, 0.29) is 28.4 Å². The minimum absolute atomic E-state index is 0. The topological polar surface area (TPSA) is 63.4 Å². The Morgan fingerprint density at radius 3 is 2.73 bits per heavy atom. The summed E-state index contributed by atoms with van der Waals surface area (Å²) in [5.41, 5.74) is 6.75. The summed E-state index contributed by atoms with van der Waals surface area (Å²) in [5.74, 6) is 0. The lowest BCUT2D eigenvalue weighted by molar-refractivity contribution is 0.257. The number of sulfonamides is 1. The van der Waals surface area contributed by atoms with Crippen LogP contribution in [0.3, 0.4) is 0 Å². The predicted octanol–water partition coefficient (Wildman–Crippen LogP) is 3.22. The van der Waals surface area contributed by atoms with E-state index in [1.807, 2.05) is 6.07 Å². The van der Waals surface area contributed by atoms with Crippen LogP contribution >= 0.6 is 24.0 Å². The Morgan fingerprint density at radius 2 is 2.09 bits per heavy atom. The molecule has 2 rings (SSSR count). The summed E-state index contributed by atoms with van der Waals surface area (Å²) in [5, 5.41) is 0.288. The largest absolute Gasteiger partial charge is 0.329 e. The van der Waals surface area contributed by atoms with Crippen molar-refractivity contribution in [3.05, 3.63) is 28.8 Å². The smallest absolute Gasteiger partial charge is 0.244 e. The standard InChI is InChI=1S/C15H23ClN2O2S.ClH/c1-2-5-12-7-8-14(16)15(10-12)21(19,20)18-9-4-3-6-13(18)11-17;/h7-8,10,13H,2-6,9,11,17H2,1H3;1H. The number of hydrogen-bond acceptors (Lipinski definition) is 3. The third-order valence-corrected chi connectivity index (χ3v) is 6.40. The summed E-state index contributed by atoms with van der Waals surface area (Å²) in [7, 11) is -3.57. The van der Waals surface area contributed by atoms with Crippen LogP contribution in [0.1, 0.15) is 38.2 Å². The molecule has 0 bridgehead atoms. The Balaban J connectivity index is 0.00000242. The molecule has 22 heavy (non-hydrogen) atoms. The molecule has 1 aromatic carbocycles. The number of rotatable bonds is 5. The van der Waals surface area contributed by atoms with Crippen LogP contribution in [-0.2, 0) is 16.4 Å². The van der Waals surface area contributed by atoms with Gasteiger partial charge in [-0.3, -0.25) is 0 Å². The van der Waals surface area contributed by atoms with Gasteiger partial charge in [-0.25, -0.2) is 8.42 Å². The molecule has 4 nitrogen and oxygen atoms in total. The minimum atomic E-state index is -3.57. The second-order valence-corrected chi connectivity index (χ2v) is 7.78. The number of piperidine rings is 1. The van der Waals surface area contributed by atoms with E-state index in [1.54, 1.807) is 12.1 Å². The fourth-order valence-electron chi connectivity index (χ4n) is 2.84. The van der Waals surface area contributed by atoms with Gasteiger partial charge in [0.25, 0.3) is 0 Å². The molecular formula is C15H24Cl2N2O2S. The fraction of sp³-hybridized carbons (Fsp3) is 0.600. The molecule has 1 atom stereocenters. The highest BCUT2D eigenvalue weighted by molar-refractivity contribution is 7.89. The van der Waals surface area contributed by atoms with E-state index in [2.05, 4.69) is 6.92 Å². The van der Waals surface area contributed by atoms with Crippen LogP contribution in [0.15, 0.2) is 23.1 Å². The van der Waals surface area contributed by atoms with E-state index in [9.17, 15) is 8.42 Å². The fourth-order valence-corrected chi connectivity index (χ4v) is 5.07. The molecule has 1 aliphatic heterocycles. The van der Waals surface area contributed by atoms with Crippen LogP contribution < -0.4 is 5.73 Å². The third-order valence-electron chi connectivity index (χ3n) is 3.97. The van der Waals surface area contributed by atoms with Gasteiger partial charge in [0.15, 0.2) is 0 Å². The number of aryl methyl sites for hydroxylation is 1. The second-order valence-electron chi connectivity index (χ2n) is 5.52. The molecular weight excluding hydrogens is 343 g/mol. The summed E-state index contributed by atoms with van der Waals surface area (Å²) in [4.78, 5) is 0.218. The van der Waals surface area contributed by atoms with Crippen molar-refractivity contribution in [2.75, 3.05) is 13.1 Å². The molecule has 1 aromatic rings. The second kappa shape index (κ2) is 8.50. The molecule has 126 valence electrons. The van der Waals surface area contributed by atoms with Crippen LogP contribution in [0.2, 0.25) is 5.02 Å². The maximum absolute atomic E-state index is 12.9. The Hall–Kier alpha value is -0.330. The third kappa shape index (κ3) is 4.15. The molecule has 0 radical (unpaired) electrons. The van der Waals surface area contributed by atoms with Gasteiger partial charge in [0.2, 0.25) is 10.0 Å². The van der Waals surface area contributed by atoms with Crippen LogP contribution in [0.25, 0.3) is 0 Å². The zero-order chi connectivity index (χ0) is 15.5. The lowest BCUT2D eigenvalue weighted by Crippen LogP contribution is -2.47. The van der Waals surface area contributed by atoms with Crippen molar-refractivity contribution < 1.29 is 8.42 Å². The lowest BCUT2D eigenvalue weighted by atomic mass is 10.1. The lowest BCUT2D eigenvalue weighted by Gasteiger charge is -2.34. The van der Waals surface area contributed by atoms with Gasteiger partial charge >= 0.3 is 0 Å². The van der Waals surface area contributed by atoms with E-state index in [1.165, 1.54) is 4.31 Å². The summed E-state index contributed by atoms with van der Waals surface area (Å²) >= 11 is 6.15. The molecule has 1 unspecified atom stereocenters. The van der Waals surface area contributed by atoms with E-state index < -0.39 is 10.0 Å². The van der Waals surface area contributed by atoms with Crippen LogP contribution in [-0.4, -0.2) is 31.9 Å². The average Bonchev–Trinajstić information content (AvgIpc) is 2.49. The van der Waals surface area contributed by atoms with Gasteiger partial charge in [-0.15, -0.1) is 12.4 Å². The normalized spacial score (nSPS) is 19.7. The maximum Gasteiger partial charge on any atom is 0.244 e. The summed E-state index contributed by atoms with van der Waals surface area (Å²) < 4.78 is 27.4. The molecule has 1 heterocycles. The van der Waals surface area contributed by atoms with Crippen molar-refractivity contribution in [3.8, 4) is 0 Å². The van der Waals surface area contributed by atoms with Gasteiger partial charge < -0.3 is 5.73 Å². The van der Waals surface area contributed by atoms with Gasteiger partial charge in [0, 0.05) is 19.1 Å². The molecule has 0 aromatic heterocycles. The minimum Gasteiger partial charge on any atom is -0.329 e. The van der Waals surface area contributed by atoms with Crippen LogP contribution in [0.4, 0.5) is 0 Å². The number of hydrogen-bond donors (Lipinski definition) is 1. The molecule has 7 heteroatoms. The zero-order valence-corrected chi connectivity index (χ0v) is 15.2. The van der Waals surface area contributed by atoms with Gasteiger partial charge in [-0.2, -0.15) is 4.31 Å². The van der Waals surface area contributed by atoms with Crippen molar-refractivity contribution in [3.63, 3.8) is 0 Å². The molecule has 0 spiro atoms. The Kier molecular flexibility index (Phi) is 7.62. The van der Waals surface area contributed by atoms with Gasteiger partial charge in [0.1, 0.15) is 4.90 Å². The molecule has 0 saturated carbocycles. The highest BCUT2D eigenvalue weighted by atomic mass is 35.5. The van der Waals surface area contributed by atoms with E-state index in [0.29, 0.717) is 13.1 Å². The van der Waals surface area contributed by atoms with E-state index in [4.69, 9.17) is 17.3 Å². The first-order valence-corrected chi connectivity index (χ1v) is 9.32. The Bertz CT molecular complexity index is 593. The first-order chi connectivity index (χ1) is 10.0. The molecule has 0 amide bonds. The Labute approximate surface area is 144 Å². The van der Waals surface area contributed by atoms with Gasteiger partial charge in [-0.05, 0) is 37.0 Å². The summed E-state index contributed by atoms with van der Waals surface area (Å²) in [6.07, 6.45) is 4.54. The van der Waals surface area contributed by atoms with Crippen molar-refractivity contribution >= 4 is 34.0 Å². The quantitative estimate of drug-likeness (QED) is 0.869. The Morgan fingerprint density at radius 1 is 1.36 bits per heavy atom. The van der Waals surface area contributed by atoms with Crippen molar-refractivity contribution in [1.82, 2.24) is 4.31 Å². The summed E-state index contributed by atoms with van der Waals surface area (Å²) in [6, 6.07) is 5.17. The monoisotopic (exact) mass is 366 g/mol. The van der Waals surface area contributed by atoms with Gasteiger partial charge in [-0.1, -0.05) is 37.4 Å². The molecule has 1 aliphatic rings. The summed E-state index contributed by atoms with van der Waals surface area (Å²) in [6.45, 7) is 2.95. The highest BCUT2D eigenvalue weighted by Gasteiger charge is 2.34. The van der Waals surface area contributed by atoms with E-state index >= 15 is 0 Å². The number of halogens is 2. The van der Waals surface area contributed by atoms with Crippen molar-refractivity contribution in [1.29, 1.82) is 0 Å². The molecule has 1 saturated heterocycles. The SMILES string of the molecule is CCCc1ccc(Cl)c(S(=O)(=O)N2CCCCC2CN)c1.Cl. The molecule has 2 N–H and O–H groups in total. The average molecular weight is 367 g/mol. The van der Waals surface area contributed by atoms with Crippen LogP contribution in [0, 0.1) is 0 Å². The maximum atomic E-state index is 12.9. The van der Waals surface area contributed by atoms with Crippen LogP contribution in [0.5, 0.6) is 0 Å². The first-order valence-electron chi connectivity index (χ1n) is 7.51. The number of nitrogens with two attached hydrogens (primary N) is 1. The molecule has 0 aliphatic carbocycles. The molecule has 1 fully saturated rings. The van der Waals surface area contributed by atoms with Gasteiger partial charge in [0.05, 0.1) is 5.02 Å². The highest BCUT2D eigenvalue weighted by Crippen LogP contribution is 2.30. The zero-order valence-electron chi connectivity index (χ0n) is 12.8. The number of benzene rings is 1. The van der Waals surface area contributed by atoms with Crippen molar-refractivity contribution in [2.45, 2.75) is 50.0 Å².